The SMILES string of the molecule is CCCCCC(NCC)c1cccc(Br)c1. The fourth-order valence-electron chi connectivity index (χ4n) is 1.95. The van der Waals surface area contributed by atoms with E-state index < -0.39 is 0 Å². The summed E-state index contributed by atoms with van der Waals surface area (Å²) in [6.07, 6.45) is 5.16. The third-order valence-corrected chi connectivity index (χ3v) is 3.29. The molecule has 0 radical (unpaired) electrons. The summed E-state index contributed by atoms with van der Waals surface area (Å²) in [5, 5.41) is 3.56. The second-order valence-corrected chi connectivity index (χ2v) is 5.08. The van der Waals surface area contributed by atoms with Crippen molar-refractivity contribution in [2.45, 2.75) is 45.6 Å². The van der Waals surface area contributed by atoms with Crippen LogP contribution in [0.1, 0.15) is 51.1 Å². The number of hydrogen-bond acceptors (Lipinski definition) is 1. The van der Waals surface area contributed by atoms with Crippen LogP contribution in [0.2, 0.25) is 0 Å². The van der Waals surface area contributed by atoms with E-state index in [-0.39, 0.29) is 0 Å². The Kier molecular flexibility index (Phi) is 6.74. The van der Waals surface area contributed by atoms with E-state index in [0.29, 0.717) is 6.04 Å². The molecular formula is C14H22BrN. The predicted octanol–water partition coefficient (Wildman–Crippen LogP) is 4.68. The van der Waals surface area contributed by atoms with Crippen LogP contribution in [0.5, 0.6) is 0 Å². The lowest BCUT2D eigenvalue weighted by Crippen LogP contribution is -2.20. The molecule has 0 saturated heterocycles. The van der Waals surface area contributed by atoms with Crippen molar-refractivity contribution >= 4 is 15.9 Å². The number of benzene rings is 1. The fourth-order valence-corrected chi connectivity index (χ4v) is 2.37. The first kappa shape index (κ1) is 13.7. The first-order valence-corrected chi connectivity index (χ1v) is 7.06. The van der Waals surface area contributed by atoms with Crippen molar-refractivity contribution in [1.29, 1.82) is 0 Å². The molecule has 2 heteroatoms. The molecule has 1 rings (SSSR count). The van der Waals surface area contributed by atoms with Gasteiger partial charge in [0.1, 0.15) is 0 Å². The highest BCUT2D eigenvalue weighted by molar-refractivity contribution is 9.10. The Bertz CT molecular complexity index is 299. The van der Waals surface area contributed by atoms with Crippen molar-refractivity contribution in [2.24, 2.45) is 0 Å². The Morgan fingerprint density at radius 1 is 1.25 bits per heavy atom. The molecule has 0 bridgehead atoms. The average Bonchev–Trinajstić information content (AvgIpc) is 2.28. The van der Waals surface area contributed by atoms with Crippen LogP contribution in [0.25, 0.3) is 0 Å². The Balaban J connectivity index is 2.61. The van der Waals surface area contributed by atoms with Crippen molar-refractivity contribution < 1.29 is 0 Å². The van der Waals surface area contributed by atoms with Gasteiger partial charge in [-0.15, -0.1) is 0 Å². The van der Waals surface area contributed by atoms with Gasteiger partial charge in [0, 0.05) is 10.5 Å². The van der Waals surface area contributed by atoms with Crippen LogP contribution in [0.4, 0.5) is 0 Å². The lowest BCUT2D eigenvalue weighted by atomic mass is 10.0. The summed E-state index contributed by atoms with van der Waals surface area (Å²) >= 11 is 3.54. The Labute approximate surface area is 108 Å². The van der Waals surface area contributed by atoms with E-state index in [1.165, 1.54) is 35.7 Å². The maximum absolute atomic E-state index is 3.56. The van der Waals surface area contributed by atoms with Crippen LogP contribution in [-0.4, -0.2) is 6.54 Å². The second kappa shape index (κ2) is 7.86. The Morgan fingerprint density at radius 3 is 2.69 bits per heavy atom. The molecule has 0 aliphatic heterocycles. The third-order valence-electron chi connectivity index (χ3n) is 2.80. The zero-order chi connectivity index (χ0) is 11.8. The van der Waals surface area contributed by atoms with Crippen molar-refractivity contribution in [2.75, 3.05) is 6.54 Å². The van der Waals surface area contributed by atoms with E-state index >= 15 is 0 Å². The molecule has 16 heavy (non-hydrogen) atoms. The molecule has 0 spiro atoms. The minimum atomic E-state index is 0.508. The molecule has 1 aromatic carbocycles. The van der Waals surface area contributed by atoms with Crippen LogP contribution < -0.4 is 5.32 Å². The number of halogens is 1. The van der Waals surface area contributed by atoms with Crippen LogP contribution in [0.3, 0.4) is 0 Å². The molecule has 0 aliphatic carbocycles. The molecule has 0 aromatic heterocycles. The highest BCUT2D eigenvalue weighted by Gasteiger charge is 2.09. The summed E-state index contributed by atoms with van der Waals surface area (Å²) in [6, 6.07) is 9.14. The number of rotatable bonds is 7. The van der Waals surface area contributed by atoms with E-state index in [4.69, 9.17) is 0 Å². The summed E-state index contributed by atoms with van der Waals surface area (Å²) in [6.45, 7) is 5.45. The lowest BCUT2D eigenvalue weighted by Gasteiger charge is -2.18. The van der Waals surface area contributed by atoms with Gasteiger partial charge in [-0.3, -0.25) is 0 Å². The van der Waals surface area contributed by atoms with Gasteiger partial charge in [-0.2, -0.15) is 0 Å². The molecule has 1 nitrogen and oxygen atoms in total. The fraction of sp³-hybridized carbons (Fsp3) is 0.571. The topological polar surface area (TPSA) is 12.0 Å². The molecule has 0 amide bonds. The monoisotopic (exact) mass is 283 g/mol. The molecule has 1 N–H and O–H groups in total. The van der Waals surface area contributed by atoms with Gasteiger partial charge in [-0.1, -0.05) is 61.2 Å². The average molecular weight is 284 g/mol. The van der Waals surface area contributed by atoms with Gasteiger partial charge in [0.25, 0.3) is 0 Å². The van der Waals surface area contributed by atoms with E-state index in [1.54, 1.807) is 0 Å². The number of unbranched alkanes of at least 4 members (excludes halogenated alkanes) is 2. The zero-order valence-corrected chi connectivity index (χ0v) is 11.9. The van der Waals surface area contributed by atoms with Gasteiger partial charge in [0.2, 0.25) is 0 Å². The molecule has 90 valence electrons. The summed E-state index contributed by atoms with van der Waals surface area (Å²) in [5.41, 5.74) is 1.40. The van der Waals surface area contributed by atoms with E-state index in [0.717, 1.165) is 6.54 Å². The summed E-state index contributed by atoms with van der Waals surface area (Å²) in [7, 11) is 0. The first-order chi connectivity index (χ1) is 7.77. The zero-order valence-electron chi connectivity index (χ0n) is 10.3. The molecule has 1 aromatic rings. The maximum Gasteiger partial charge on any atom is 0.0320 e. The van der Waals surface area contributed by atoms with Crippen LogP contribution >= 0.6 is 15.9 Å². The molecule has 0 fully saturated rings. The number of nitrogens with one attached hydrogen (secondary N) is 1. The van der Waals surface area contributed by atoms with Crippen LogP contribution in [-0.2, 0) is 0 Å². The Hall–Kier alpha value is -0.340. The third kappa shape index (κ3) is 4.67. The van der Waals surface area contributed by atoms with E-state index in [9.17, 15) is 0 Å². The summed E-state index contributed by atoms with van der Waals surface area (Å²) in [4.78, 5) is 0. The van der Waals surface area contributed by atoms with Gasteiger partial charge < -0.3 is 5.32 Å². The highest BCUT2D eigenvalue weighted by atomic mass is 79.9. The standard InChI is InChI=1S/C14H22BrN/c1-3-5-6-10-14(16-4-2)12-8-7-9-13(15)11-12/h7-9,11,14,16H,3-6,10H2,1-2H3. The molecule has 1 unspecified atom stereocenters. The number of hydrogen-bond donors (Lipinski definition) is 1. The van der Waals surface area contributed by atoms with Crippen LogP contribution in [0, 0.1) is 0 Å². The van der Waals surface area contributed by atoms with Gasteiger partial charge in [0.15, 0.2) is 0 Å². The smallest absolute Gasteiger partial charge is 0.0320 e. The maximum atomic E-state index is 3.56. The summed E-state index contributed by atoms with van der Waals surface area (Å²) < 4.78 is 1.17. The van der Waals surface area contributed by atoms with E-state index in [1.807, 2.05) is 0 Å². The van der Waals surface area contributed by atoms with E-state index in [2.05, 4.69) is 59.4 Å². The summed E-state index contributed by atoms with van der Waals surface area (Å²) in [5.74, 6) is 0. The normalized spacial score (nSPS) is 12.7. The van der Waals surface area contributed by atoms with Gasteiger partial charge in [-0.25, -0.2) is 0 Å². The minimum Gasteiger partial charge on any atom is -0.310 e. The molecule has 0 saturated carbocycles. The van der Waals surface area contributed by atoms with Crippen molar-refractivity contribution in [1.82, 2.24) is 5.32 Å². The quantitative estimate of drug-likeness (QED) is 0.717. The molecule has 0 aliphatic rings. The molecular weight excluding hydrogens is 262 g/mol. The van der Waals surface area contributed by atoms with Gasteiger partial charge in [-0.05, 0) is 30.7 Å². The van der Waals surface area contributed by atoms with Crippen molar-refractivity contribution in [3.05, 3.63) is 34.3 Å². The first-order valence-electron chi connectivity index (χ1n) is 6.26. The Morgan fingerprint density at radius 2 is 2.06 bits per heavy atom. The molecule has 0 heterocycles. The van der Waals surface area contributed by atoms with Gasteiger partial charge in [0.05, 0.1) is 0 Å². The lowest BCUT2D eigenvalue weighted by molar-refractivity contribution is 0.486. The van der Waals surface area contributed by atoms with Crippen LogP contribution in [0.15, 0.2) is 28.7 Å². The van der Waals surface area contributed by atoms with Crippen molar-refractivity contribution in [3.8, 4) is 0 Å². The largest absolute Gasteiger partial charge is 0.310 e. The minimum absolute atomic E-state index is 0.508. The highest BCUT2D eigenvalue weighted by Crippen LogP contribution is 2.22. The van der Waals surface area contributed by atoms with Gasteiger partial charge >= 0.3 is 0 Å². The predicted molar refractivity (Wildman–Crippen MR) is 74.7 cm³/mol. The van der Waals surface area contributed by atoms with Crippen molar-refractivity contribution in [3.63, 3.8) is 0 Å². The second-order valence-electron chi connectivity index (χ2n) is 4.16. The molecule has 1 atom stereocenters.